The number of imidazole rings is 1. The zero-order chi connectivity index (χ0) is 13.3. The van der Waals surface area contributed by atoms with Crippen LogP contribution in [0.2, 0.25) is 0 Å². The monoisotopic (exact) mass is 247 g/mol. The maximum Gasteiger partial charge on any atom is 0.271 e. The number of nitrogens with zero attached hydrogens (tertiary/aromatic N) is 2. The van der Waals surface area contributed by atoms with Gasteiger partial charge in [0.1, 0.15) is 5.82 Å². The maximum absolute atomic E-state index is 10.7. The number of aromatic nitrogens is 2. The van der Waals surface area contributed by atoms with Gasteiger partial charge in [0.25, 0.3) is 5.69 Å². The fourth-order valence-electron chi connectivity index (χ4n) is 1.98. The standard InChI is InChI=1S/C13H17N3O2/c1-4-13(3,5-2)12-14-10-7-6-9(16(17)18)8-11(10)15-12/h6-8H,4-5H2,1-3H3,(H,14,15). The fourth-order valence-corrected chi connectivity index (χ4v) is 1.98. The van der Waals surface area contributed by atoms with Gasteiger partial charge < -0.3 is 4.98 Å². The minimum absolute atomic E-state index is 0.00615. The van der Waals surface area contributed by atoms with Crippen LogP contribution in [0, 0.1) is 10.1 Å². The Hall–Kier alpha value is -1.91. The number of rotatable bonds is 4. The van der Waals surface area contributed by atoms with Crippen molar-refractivity contribution < 1.29 is 4.92 Å². The number of aromatic amines is 1. The number of nitro groups is 1. The molecule has 2 aromatic rings. The van der Waals surface area contributed by atoms with Gasteiger partial charge in [-0.3, -0.25) is 10.1 Å². The molecule has 2 rings (SSSR count). The van der Waals surface area contributed by atoms with Crippen LogP contribution in [-0.4, -0.2) is 14.9 Å². The normalized spacial score (nSPS) is 11.9. The Morgan fingerprint density at radius 2 is 2.06 bits per heavy atom. The average molecular weight is 247 g/mol. The van der Waals surface area contributed by atoms with Crippen LogP contribution in [0.3, 0.4) is 0 Å². The van der Waals surface area contributed by atoms with E-state index in [0.29, 0.717) is 0 Å². The lowest BCUT2D eigenvalue weighted by Gasteiger charge is -2.23. The topological polar surface area (TPSA) is 71.8 Å². The molecule has 0 saturated carbocycles. The molecule has 1 heterocycles. The SMILES string of the molecule is CCC(C)(CC)c1nc2ccc([N+](=O)[O-])cc2[nH]1. The first-order valence-corrected chi connectivity index (χ1v) is 6.15. The largest absolute Gasteiger partial charge is 0.341 e. The molecule has 0 unspecified atom stereocenters. The summed E-state index contributed by atoms with van der Waals surface area (Å²) in [6.07, 6.45) is 1.96. The van der Waals surface area contributed by atoms with E-state index < -0.39 is 4.92 Å². The molecule has 5 nitrogen and oxygen atoms in total. The second-order valence-corrected chi connectivity index (χ2v) is 4.81. The molecule has 0 spiro atoms. The number of non-ortho nitro benzene ring substituents is 1. The highest BCUT2D eigenvalue weighted by molar-refractivity contribution is 5.78. The Morgan fingerprint density at radius 1 is 1.39 bits per heavy atom. The molecule has 0 aliphatic rings. The number of fused-ring (bicyclic) bond motifs is 1. The van der Waals surface area contributed by atoms with E-state index in [1.807, 2.05) is 0 Å². The van der Waals surface area contributed by atoms with E-state index in [2.05, 4.69) is 30.7 Å². The van der Waals surface area contributed by atoms with Crippen LogP contribution in [0.4, 0.5) is 5.69 Å². The molecule has 0 atom stereocenters. The summed E-state index contributed by atoms with van der Waals surface area (Å²) in [6, 6.07) is 4.72. The van der Waals surface area contributed by atoms with Crippen LogP contribution in [0.1, 0.15) is 39.4 Å². The van der Waals surface area contributed by atoms with Gasteiger partial charge >= 0.3 is 0 Å². The van der Waals surface area contributed by atoms with Gasteiger partial charge in [0.2, 0.25) is 0 Å². The Kier molecular flexibility index (Phi) is 3.07. The van der Waals surface area contributed by atoms with Crippen molar-refractivity contribution in [2.75, 3.05) is 0 Å². The van der Waals surface area contributed by atoms with Crippen molar-refractivity contribution in [2.24, 2.45) is 0 Å². The van der Waals surface area contributed by atoms with Crippen molar-refractivity contribution >= 4 is 16.7 Å². The van der Waals surface area contributed by atoms with Gasteiger partial charge in [-0.1, -0.05) is 20.8 Å². The predicted octanol–water partition coefficient (Wildman–Crippen LogP) is 3.55. The lowest BCUT2D eigenvalue weighted by molar-refractivity contribution is -0.384. The van der Waals surface area contributed by atoms with E-state index in [1.165, 1.54) is 12.1 Å². The molecule has 0 amide bonds. The molecule has 1 aromatic heterocycles. The van der Waals surface area contributed by atoms with Crippen molar-refractivity contribution in [3.8, 4) is 0 Å². The summed E-state index contributed by atoms with van der Waals surface area (Å²) >= 11 is 0. The maximum atomic E-state index is 10.7. The van der Waals surface area contributed by atoms with Crippen LogP contribution >= 0.6 is 0 Å². The van der Waals surface area contributed by atoms with E-state index in [-0.39, 0.29) is 11.1 Å². The molecule has 18 heavy (non-hydrogen) atoms. The highest BCUT2D eigenvalue weighted by atomic mass is 16.6. The third-order valence-electron chi connectivity index (χ3n) is 3.81. The van der Waals surface area contributed by atoms with Crippen LogP contribution < -0.4 is 0 Å². The van der Waals surface area contributed by atoms with Gasteiger partial charge in [0.05, 0.1) is 16.0 Å². The predicted molar refractivity (Wildman–Crippen MR) is 70.7 cm³/mol. The Bertz CT molecular complexity index is 585. The number of hydrogen-bond acceptors (Lipinski definition) is 3. The molecule has 5 heteroatoms. The number of hydrogen-bond donors (Lipinski definition) is 1. The van der Waals surface area contributed by atoms with Gasteiger partial charge in [-0.2, -0.15) is 0 Å². The zero-order valence-electron chi connectivity index (χ0n) is 10.9. The highest BCUT2D eigenvalue weighted by Gasteiger charge is 2.26. The summed E-state index contributed by atoms with van der Waals surface area (Å²) < 4.78 is 0. The number of nitrogens with one attached hydrogen (secondary N) is 1. The smallest absolute Gasteiger partial charge is 0.271 e. The quantitative estimate of drug-likeness (QED) is 0.663. The number of H-pyrrole nitrogens is 1. The molecule has 0 bridgehead atoms. The summed E-state index contributed by atoms with van der Waals surface area (Å²) in [7, 11) is 0. The lowest BCUT2D eigenvalue weighted by atomic mass is 9.84. The van der Waals surface area contributed by atoms with Gasteiger partial charge in [0, 0.05) is 17.5 Å². The fraction of sp³-hybridized carbons (Fsp3) is 0.462. The summed E-state index contributed by atoms with van der Waals surface area (Å²) in [5.74, 6) is 0.906. The van der Waals surface area contributed by atoms with Crippen LogP contribution in [0.15, 0.2) is 18.2 Å². The number of nitro benzene ring substituents is 1. The third kappa shape index (κ3) is 1.96. The molecular formula is C13H17N3O2. The Labute approximate surface area is 105 Å². The minimum Gasteiger partial charge on any atom is -0.341 e. The molecular weight excluding hydrogens is 230 g/mol. The summed E-state index contributed by atoms with van der Waals surface area (Å²) in [6.45, 7) is 6.40. The minimum atomic E-state index is -0.390. The van der Waals surface area contributed by atoms with E-state index in [4.69, 9.17) is 0 Å². The van der Waals surface area contributed by atoms with E-state index >= 15 is 0 Å². The van der Waals surface area contributed by atoms with Gasteiger partial charge in [-0.05, 0) is 18.9 Å². The molecule has 0 radical (unpaired) electrons. The van der Waals surface area contributed by atoms with Gasteiger partial charge in [-0.15, -0.1) is 0 Å². The second-order valence-electron chi connectivity index (χ2n) is 4.81. The second kappa shape index (κ2) is 4.40. The zero-order valence-corrected chi connectivity index (χ0v) is 10.9. The Balaban J connectivity index is 2.53. The van der Waals surface area contributed by atoms with Crippen molar-refractivity contribution in [3.63, 3.8) is 0 Å². The molecule has 0 saturated heterocycles. The molecule has 0 aliphatic heterocycles. The molecule has 1 N–H and O–H groups in total. The molecule has 0 aliphatic carbocycles. The van der Waals surface area contributed by atoms with E-state index in [0.717, 1.165) is 29.7 Å². The van der Waals surface area contributed by atoms with Crippen LogP contribution in [0.5, 0.6) is 0 Å². The van der Waals surface area contributed by atoms with Crippen molar-refractivity contribution in [2.45, 2.75) is 39.0 Å². The van der Waals surface area contributed by atoms with Crippen molar-refractivity contribution in [1.82, 2.24) is 9.97 Å². The highest BCUT2D eigenvalue weighted by Crippen LogP contribution is 2.31. The lowest BCUT2D eigenvalue weighted by Crippen LogP contribution is -2.21. The van der Waals surface area contributed by atoms with Crippen molar-refractivity contribution in [3.05, 3.63) is 34.1 Å². The molecule has 0 fully saturated rings. The number of benzene rings is 1. The Morgan fingerprint density at radius 3 is 2.61 bits per heavy atom. The first-order chi connectivity index (χ1) is 8.50. The molecule has 96 valence electrons. The van der Waals surface area contributed by atoms with Gasteiger partial charge in [-0.25, -0.2) is 4.98 Å². The van der Waals surface area contributed by atoms with Crippen LogP contribution in [0.25, 0.3) is 11.0 Å². The summed E-state index contributed by atoms with van der Waals surface area (Å²) in [4.78, 5) is 18.1. The summed E-state index contributed by atoms with van der Waals surface area (Å²) in [5, 5.41) is 10.7. The third-order valence-corrected chi connectivity index (χ3v) is 3.81. The van der Waals surface area contributed by atoms with Crippen molar-refractivity contribution in [1.29, 1.82) is 0 Å². The summed E-state index contributed by atoms with van der Waals surface area (Å²) in [5.41, 5.74) is 1.59. The first kappa shape index (κ1) is 12.5. The van der Waals surface area contributed by atoms with E-state index in [9.17, 15) is 10.1 Å². The molecule has 1 aromatic carbocycles. The van der Waals surface area contributed by atoms with Gasteiger partial charge in [0.15, 0.2) is 0 Å². The first-order valence-electron chi connectivity index (χ1n) is 6.15. The van der Waals surface area contributed by atoms with E-state index in [1.54, 1.807) is 6.07 Å². The van der Waals surface area contributed by atoms with Crippen LogP contribution in [-0.2, 0) is 5.41 Å². The average Bonchev–Trinajstić information content (AvgIpc) is 2.80.